The van der Waals surface area contributed by atoms with Crippen LogP contribution in [0, 0.1) is 0 Å². The molecule has 0 atom stereocenters. The van der Waals surface area contributed by atoms with Crippen LogP contribution in [0.4, 0.5) is 16.2 Å². The van der Waals surface area contributed by atoms with E-state index in [-0.39, 0.29) is 6.03 Å². The van der Waals surface area contributed by atoms with Crippen LogP contribution in [0.15, 0.2) is 85.7 Å². The van der Waals surface area contributed by atoms with Gasteiger partial charge in [0, 0.05) is 36.2 Å². The number of hydrogen-bond donors (Lipinski definition) is 2. The second-order valence-electron chi connectivity index (χ2n) is 5.92. The molecule has 148 valence electrons. The zero-order valence-corrected chi connectivity index (χ0v) is 15.6. The first-order valence-corrected chi connectivity index (χ1v) is 8.90. The van der Waals surface area contributed by atoms with E-state index in [2.05, 4.69) is 30.6 Å². The Kier molecular flexibility index (Phi) is 5.71. The second-order valence-corrected chi connectivity index (χ2v) is 5.92. The van der Waals surface area contributed by atoms with Gasteiger partial charge in [-0.25, -0.2) is 14.8 Å². The van der Waals surface area contributed by atoms with E-state index < -0.39 is 0 Å². The van der Waals surface area contributed by atoms with Gasteiger partial charge in [-0.1, -0.05) is 0 Å². The molecule has 0 saturated carbocycles. The molecule has 0 aliphatic carbocycles. The van der Waals surface area contributed by atoms with Gasteiger partial charge in [0.25, 0.3) is 0 Å². The summed E-state index contributed by atoms with van der Waals surface area (Å²) in [5, 5.41) is 5.51. The van der Waals surface area contributed by atoms with Crippen molar-refractivity contribution < 1.29 is 14.3 Å². The molecule has 2 aromatic carbocycles. The summed E-state index contributed by atoms with van der Waals surface area (Å²) in [6.45, 7) is 0. The molecule has 0 saturated heterocycles. The number of carbonyl (C=O) groups excluding carboxylic acids is 1. The maximum atomic E-state index is 12.2. The molecule has 0 spiro atoms. The zero-order chi connectivity index (χ0) is 20.6. The highest BCUT2D eigenvalue weighted by atomic mass is 16.5. The van der Waals surface area contributed by atoms with Crippen LogP contribution in [0.3, 0.4) is 0 Å². The minimum atomic E-state index is -0.375. The van der Waals surface area contributed by atoms with Crippen LogP contribution in [0.1, 0.15) is 0 Å². The fourth-order valence-electron chi connectivity index (χ4n) is 2.42. The fourth-order valence-corrected chi connectivity index (χ4v) is 2.42. The van der Waals surface area contributed by atoms with Crippen molar-refractivity contribution in [2.24, 2.45) is 0 Å². The summed E-state index contributed by atoms with van der Waals surface area (Å²) in [6.07, 6.45) is 9.26. The standard InChI is InChI=1S/C21H16N6O3/c28-21(26-15-1-5-17(6-2-15)29-19-13-22-9-11-24-19)27-16-3-7-18(8-4-16)30-20-14-23-10-12-25-20/h1-14H,(H2,26,27,28). The Bertz CT molecular complexity index is 1000. The number of urea groups is 1. The normalized spacial score (nSPS) is 10.1. The third-order valence-corrected chi connectivity index (χ3v) is 3.75. The van der Waals surface area contributed by atoms with Crippen LogP contribution in [-0.2, 0) is 0 Å². The lowest BCUT2D eigenvalue weighted by Crippen LogP contribution is -2.19. The molecule has 0 bridgehead atoms. The van der Waals surface area contributed by atoms with Gasteiger partial charge in [0.05, 0.1) is 12.4 Å². The molecular formula is C21H16N6O3. The Labute approximate surface area is 171 Å². The molecule has 4 aromatic rings. The monoisotopic (exact) mass is 400 g/mol. The van der Waals surface area contributed by atoms with Crippen molar-refractivity contribution in [3.63, 3.8) is 0 Å². The predicted octanol–water partition coefficient (Wildman–Crippen LogP) is 4.50. The van der Waals surface area contributed by atoms with E-state index in [1.165, 1.54) is 12.4 Å². The molecule has 0 unspecified atom stereocenters. The van der Waals surface area contributed by atoms with Crippen molar-refractivity contribution >= 4 is 17.4 Å². The summed E-state index contributed by atoms with van der Waals surface area (Å²) in [6, 6.07) is 13.4. The molecular weight excluding hydrogens is 384 g/mol. The lowest BCUT2D eigenvalue weighted by atomic mass is 10.3. The van der Waals surface area contributed by atoms with Gasteiger partial charge in [0.2, 0.25) is 11.8 Å². The van der Waals surface area contributed by atoms with Crippen molar-refractivity contribution in [1.29, 1.82) is 0 Å². The number of ether oxygens (including phenoxy) is 2. The van der Waals surface area contributed by atoms with Gasteiger partial charge < -0.3 is 20.1 Å². The van der Waals surface area contributed by atoms with Gasteiger partial charge in [0.1, 0.15) is 11.5 Å². The van der Waals surface area contributed by atoms with E-state index in [0.717, 1.165) is 0 Å². The Morgan fingerprint density at radius 1 is 0.633 bits per heavy atom. The van der Waals surface area contributed by atoms with Gasteiger partial charge in [0.15, 0.2) is 0 Å². The molecule has 2 aromatic heterocycles. The lowest BCUT2D eigenvalue weighted by molar-refractivity contribution is 0.262. The van der Waals surface area contributed by atoms with Gasteiger partial charge in [-0.05, 0) is 48.5 Å². The average molecular weight is 400 g/mol. The third kappa shape index (κ3) is 5.26. The molecule has 2 heterocycles. The van der Waals surface area contributed by atoms with Crippen LogP contribution in [0.25, 0.3) is 0 Å². The van der Waals surface area contributed by atoms with Crippen molar-refractivity contribution in [3.05, 3.63) is 85.7 Å². The number of rotatable bonds is 6. The van der Waals surface area contributed by atoms with Crippen LogP contribution in [0.5, 0.6) is 23.3 Å². The van der Waals surface area contributed by atoms with E-state index in [0.29, 0.717) is 34.6 Å². The molecule has 0 fully saturated rings. The molecule has 2 N–H and O–H groups in total. The summed E-state index contributed by atoms with van der Waals surface area (Å²) < 4.78 is 11.1. The number of aromatic nitrogens is 4. The van der Waals surface area contributed by atoms with Crippen LogP contribution in [-0.4, -0.2) is 26.0 Å². The molecule has 0 radical (unpaired) electrons. The zero-order valence-electron chi connectivity index (χ0n) is 15.6. The number of anilines is 2. The number of nitrogens with zero attached hydrogens (tertiary/aromatic N) is 4. The highest BCUT2D eigenvalue weighted by Gasteiger charge is 2.05. The summed E-state index contributed by atoms with van der Waals surface area (Å²) in [4.78, 5) is 28.2. The Morgan fingerprint density at radius 2 is 1.07 bits per heavy atom. The quantitative estimate of drug-likeness (QED) is 0.490. The molecule has 2 amide bonds. The SMILES string of the molecule is O=C(Nc1ccc(Oc2cnccn2)cc1)Nc1ccc(Oc2cnccn2)cc1. The van der Waals surface area contributed by atoms with Gasteiger partial charge in [-0.15, -0.1) is 0 Å². The van der Waals surface area contributed by atoms with E-state index >= 15 is 0 Å². The largest absolute Gasteiger partial charge is 0.438 e. The molecule has 0 aliphatic heterocycles. The van der Waals surface area contributed by atoms with E-state index in [4.69, 9.17) is 9.47 Å². The molecule has 9 heteroatoms. The summed E-state index contributed by atoms with van der Waals surface area (Å²) in [7, 11) is 0. The van der Waals surface area contributed by atoms with Crippen LogP contribution in [0.2, 0.25) is 0 Å². The van der Waals surface area contributed by atoms with Crippen LogP contribution >= 0.6 is 0 Å². The summed E-state index contributed by atoms with van der Waals surface area (Å²) in [5.41, 5.74) is 1.23. The average Bonchev–Trinajstić information content (AvgIpc) is 2.78. The number of hydrogen-bond acceptors (Lipinski definition) is 7. The molecule has 0 aliphatic rings. The summed E-state index contributed by atoms with van der Waals surface area (Å²) >= 11 is 0. The highest BCUT2D eigenvalue weighted by Crippen LogP contribution is 2.22. The summed E-state index contributed by atoms with van der Waals surface area (Å²) in [5.74, 6) is 1.95. The van der Waals surface area contributed by atoms with Crippen LogP contribution < -0.4 is 20.1 Å². The predicted molar refractivity (Wildman–Crippen MR) is 110 cm³/mol. The van der Waals surface area contributed by atoms with E-state index in [9.17, 15) is 4.79 Å². The van der Waals surface area contributed by atoms with Gasteiger partial charge >= 0.3 is 6.03 Å². The van der Waals surface area contributed by atoms with Gasteiger partial charge in [-0.2, -0.15) is 0 Å². The number of amides is 2. The Balaban J connectivity index is 1.30. The van der Waals surface area contributed by atoms with Crippen molar-refractivity contribution in [2.45, 2.75) is 0 Å². The number of carbonyl (C=O) groups is 1. The Hall–Kier alpha value is -4.53. The first kappa shape index (κ1) is 18.8. The second kappa shape index (κ2) is 9.11. The first-order chi connectivity index (χ1) is 14.7. The molecule has 4 rings (SSSR count). The molecule has 9 nitrogen and oxygen atoms in total. The number of benzene rings is 2. The fraction of sp³-hybridized carbons (Fsp3) is 0. The van der Waals surface area contributed by atoms with E-state index in [1.54, 1.807) is 73.3 Å². The maximum absolute atomic E-state index is 12.2. The van der Waals surface area contributed by atoms with Gasteiger partial charge in [-0.3, -0.25) is 9.97 Å². The first-order valence-electron chi connectivity index (χ1n) is 8.90. The Morgan fingerprint density at radius 3 is 1.43 bits per heavy atom. The maximum Gasteiger partial charge on any atom is 0.323 e. The van der Waals surface area contributed by atoms with Crippen molar-refractivity contribution in [2.75, 3.05) is 10.6 Å². The van der Waals surface area contributed by atoms with Crippen molar-refractivity contribution in [1.82, 2.24) is 19.9 Å². The van der Waals surface area contributed by atoms with E-state index in [1.807, 2.05) is 0 Å². The molecule has 30 heavy (non-hydrogen) atoms. The van der Waals surface area contributed by atoms with Crippen molar-refractivity contribution in [3.8, 4) is 23.3 Å². The lowest BCUT2D eigenvalue weighted by Gasteiger charge is -2.09. The minimum absolute atomic E-state index is 0.375. The minimum Gasteiger partial charge on any atom is -0.438 e. The third-order valence-electron chi connectivity index (χ3n) is 3.75. The number of nitrogens with one attached hydrogen (secondary N) is 2. The topological polar surface area (TPSA) is 111 Å². The smallest absolute Gasteiger partial charge is 0.323 e. The highest BCUT2D eigenvalue weighted by molar-refractivity contribution is 5.99.